The lowest BCUT2D eigenvalue weighted by Gasteiger charge is -2.28. The number of rotatable bonds is 4. The number of H-pyrrole nitrogens is 1. The van der Waals surface area contributed by atoms with E-state index in [0.29, 0.717) is 43.7 Å². The number of nitrogens with one attached hydrogen (secondary N) is 1. The molecule has 4 rings (SSSR count). The Morgan fingerprint density at radius 3 is 2.57 bits per heavy atom. The van der Waals surface area contributed by atoms with Gasteiger partial charge in [-0.2, -0.15) is 0 Å². The Labute approximate surface area is 164 Å². The maximum atomic E-state index is 12.6. The minimum atomic E-state index is -0.135. The molecular weight excluding hydrogens is 350 g/mol. The molecule has 1 aliphatic heterocycles. The molecule has 28 heavy (non-hydrogen) atoms. The van der Waals surface area contributed by atoms with E-state index in [2.05, 4.69) is 34.2 Å². The van der Waals surface area contributed by atoms with E-state index in [-0.39, 0.29) is 11.5 Å². The molecule has 0 bridgehead atoms. The van der Waals surface area contributed by atoms with Crippen LogP contribution in [0.2, 0.25) is 0 Å². The van der Waals surface area contributed by atoms with E-state index in [1.165, 1.54) is 5.56 Å². The fourth-order valence-corrected chi connectivity index (χ4v) is 3.55. The van der Waals surface area contributed by atoms with Crippen LogP contribution in [0.25, 0.3) is 0 Å². The van der Waals surface area contributed by atoms with Crippen molar-refractivity contribution in [1.82, 2.24) is 14.9 Å². The largest absolute Gasteiger partial charge is 0.337 e. The summed E-state index contributed by atoms with van der Waals surface area (Å²) in [6, 6.07) is 17.9. The van der Waals surface area contributed by atoms with Gasteiger partial charge in [-0.1, -0.05) is 60.2 Å². The summed E-state index contributed by atoms with van der Waals surface area (Å²) in [4.78, 5) is 34.6. The van der Waals surface area contributed by atoms with Crippen molar-refractivity contribution in [2.24, 2.45) is 0 Å². The van der Waals surface area contributed by atoms with Gasteiger partial charge in [0.1, 0.15) is 5.82 Å². The van der Waals surface area contributed by atoms with Crippen molar-refractivity contribution in [3.8, 4) is 0 Å². The van der Waals surface area contributed by atoms with Crippen LogP contribution in [0.15, 0.2) is 59.4 Å². The van der Waals surface area contributed by atoms with Gasteiger partial charge in [-0.25, -0.2) is 4.98 Å². The van der Waals surface area contributed by atoms with Crippen LogP contribution < -0.4 is 5.56 Å². The molecule has 0 fully saturated rings. The van der Waals surface area contributed by atoms with Gasteiger partial charge in [-0.05, 0) is 18.1 Å². The van der Waals surface area contributed by atoms with Gasteiger partial charge in [0.2, 0.25) is 5.91 Å². The number of aromatic amines is 1. The maximum Gasteiger partial charge on any atom is 0.256 e. The lowest BCUT2D eigenvalue weighted by atomic mass is 10.0. The Bertz CT molecular complexity index is 1040. The third-order valence-electron chi connectivity index (χ3n) is 5.16. The number of carbonyl (C=O) groups is 1. The standard InChI is InChI=1S/C23H23N3O2/c1-16-7-9-18(10-8-16)13-21-24-20-11-12-26(15-19(20)23(28)25-21)22(27)14-17-5-3-2-4-6-17/h2-10H,11-15H2,1H3,(H,24,25,28). The average Bonchev–Trinajstić information content (AvgIpc) is 2.70. The Balaban J connectivity index is 1.49. The second-order valence-electron chi connectivity index (χ2n) is 7.33. The smallest absolute Gasteiger partial charge is 0.256 e. The Hall–Kier alpha value is -3.21. The maximum absolute atomic E-state index is 12.6. The minimum Gasteiger partial charge on any atom is -0.337 e. The first-order chi connectivity index (χ1) is 13.6. The van der Waals surface area contributed by atoms with Crippen LogP contribution in [-0.2, 0) is 30.6 Å². The molecule has 2 heterocycles. The molecule has 5 heteroatoms. The SMILES string of the molecule is Cc1ccc(Cc2nc3c(c(=O)[nH]2)CN(C(=O)Cc2ccccc2)CC3)cc1. The first kappa shape index (κ1) is 18.2. The van der Waals surface area contributed by atoms with Crippen LogP contribution in [0.4, 0.5) is 0 Å². The number of fused-ring (bicyclic) bond motifs is 1. The summed E-state index contributed by atoms with van der Waals surface area (Å²) in [6.45, 7) is 2.97. The number of aromatic nitrogens is 2. The monoisotopic (exact) mass is 373 g/mol. The van der Waals surface area contributed by atoms with E-state index >= 15 is 0 Å². The molecule has 0 spiro atoms. The highest BCUT2D eigenvalue weighted by molar-refractivity contribution is 5.79. The fraction of sp³-hybridized carbons (Fsp3) is 0.261. The Morgan fingerprint density at radius 2 is 1.82 bits per heavy atom. The topological polar surface area (TPSA) is 66.1 Å². The Morgan fingerprint density at radius 1 is 1.07 bits per heavy atom. The summed E-state index contributed by atoms with van der Waals surface area (Å²) in [7, 11) is 0. The number of hydrogen-bond acceptors (Lipinski definition) is 3. The van der Waals surface area contributed by atoms with Crippen molar-refractivity contribution in [1.29, 1.82) is 0 Å². The van der Waals surface area contributed by atoms with Gasteiger partial charge in [-0.15, -0.1) is 0 Å². The van der Waals surface area contributed by atoms with E-state index in [0.717, 1.165) is 16.8 Å². The highest BCUT2D eigenvalue weighted by atomic mass is 16.2. The molecule has 1 aliphatic rings. The van der Waals surface area contributed by atoms with Crippen molar-refractivity contribution < 1.29 is 4.79 Å². The normalized spacial score (nSPS) is 13.2. The molecule has 1 aromatic heterocycles. The van der Waals surface area contributed by atoms with E-state index in [1.807, 2.05) is 37.3 Å². The lowest BCUT2D eigenvalue weighted by Crippen LogP contribution is -2.40. The molecule has 1 amide bonds. The third kappa shape index (κ3) is 4.03. The lowest BCUT2D eigenvalue weighted by molar-refractivity contribution is -0.131. The van der Waals surface area contributed by atoms with Crippen molar-refractivity contribution in [3.63, 3.8) is 0 Å². The second kappa shape index (κ2) is 7.80. The number of nitrogens with zero attached hydrogens (tertiary/aromatic N) is 2. The highest BCUT2D eigenvalue weighted by Crippen LogP contribution is 2.16. The second-order valence-corrected chi connectivity index (χ2v) is 7.33. The molecule has 0 saturated heterocycles. The molecular formula is C23H23N3O2. The highest BCUT2D eigenvalue weighted by Gasteiger charge is 2.24. The third-order valence-corrected chi connectivity index (χ3v) is 5.16. The molecule has 0 radical (unpaired) electrons. The molecule has 5 nitrogen and oxygen atoms in total. The van der Waals surface area contributed by atoms with Gasteiger partial charge in [0.25, 0.3) is 5.56 Å². The van der Waals surface area contributed by atoms with Gasteiger partial charge in [0.05, 0.1) is 24.2 Å². The predicted molar refractivity (Wildman–Crippen MR) is 108 cm³/mol. The molecule has 2 aromatic carbocycles. The molecule has 0 saturated carbocycles. The fourth-order valence-electron chi connectivity index (χ4n) is 3.55. The van der Waals surface area contributed by atoms with Gasteiger partial charge >= 0.3 is 0 Å². The van der Waals surface area contributed by atoms with E-state index in [1.54, 1.807) is 4.90 Å². The summed E-state index contributed by atoms with van der Waals surface area (Å²) in [5.74, 6) is 0.719. The molecule has 142 valence electrons. The van der Waals surface area contributed by atoms with Gasteiger partial charge in [0.15, 0.2) is 0 Å². The van der Waals surface area contributed by atoms with Gasteiger partial charge in [0, 0.05) is 19.4 Å². The van der Waals surface area contributed by atoms with E-state index in [9.17, 15) is 9.59 Å². The zero-order chi connectivity index (χ0) is 19.5. The molecule has 3 aromatic rings. The first-order valence-electron chi connectivity index (χ1n) is 9.56. The molecule has 0 aliphatic carbocycles. The molecule has 0 unspecified atom stereocenters. The zero-order valence-electron chi connectivity index (χ0n) is 15.9. The van der Waals surface area contributed by atoms with E-state index in [4.69, 9.17) is 0 Å². The van der Waals surface area contributed by atoms with Crippen LogP contribution in [-0.4, -0.2) is 27.3 Å². The van der Waals surface area contributed by atoms with Crippen LogP contribution in [0, 0.1) is 6.92 Å². The minimum absolute atomic E-state index is 0.0416. The molecule has 1 N–H and O–H groups in total. The average molecular weight is 373 g/mol. The number of carbonyl (C=O) groups excluding carboxylic acids is 1. The summed E-state index contributed by atoms with van der Waals surface area (Å²) >= 11 is 0. The van der Waals surface area contributed by atoms with Crippen molar-refractivity contribution >= 4 is 5.91 Å². The van der Waals surface area contributed by atoms with E-state index < -0.39 is 0 Å². The summed E-state index contributed by atoms with van der Waals surface area (Å²) < 4.78 is 0. The van der Waals surface area contributed by atoms with Crippen LogP contribution in [0.5, 0.6) is 0 Å². The quantitative estimate of drug-likeness (QED) is 0.765. The number of amides is 1. The van der Waals surface area contributed by atoms with Crippen LogP contribution in [0.1, 0.15) is 33.8 Å². The van der Waals surface area contributed by atoms with Crippen molar-refractivity contribution in [3.05, 3.63) is 98.7 Å². The molecule has 0 atom stereocenters. The predicted octanol–water partition coefficient (Wildman–Crippen LogP) is 2.80. The summed E-state index contributed by atoms with van der Waals surface area (Å²) in [5, 5.41) is 0. The Kier molecular flexibility index (Phi) is 5.06. The summed E-state index contributed by atoms with van der Waals surface area (Å²) in [5.41, 5.74) is 4.60. The van der Waals surface area contributed by atoms with Crippen molar-refractivity contribution in [2.45, 2.75) is 32.7 Å². The summed E-state index contributed by atoms with van der Waals surface area (Å²) in [6.07, 6.45) is 1.56. The van der Waals surface area contributed by atoms with Crippen molar-refractivity contribution in [2.75, 3.05) is 6.54 Å². The van der Waals surface area contributed by atoms with Gasteiger partial charge < -0.3 is 9.88 Å². The van der Waals surface area contributed by atoms with Crippen LogP contribution in [0.3, 0.4) is 0 Å². The first-order valence-corrected chi connectivity index (χ1v) is 9.56. The zero-order valence-corrected chi connectivity index (χ0v) is 15.9. The number of aryl methyl sites for hydroxylation is 1. The van der Waals surface area contributed by atoms with Gasteiger partial charge in [-0.3, -0.25) is 9.59 Å². The number of benzene rings is 2. The van der Waals surface area contributed by atoms with Crippen LogP contribution >= 0.6 is 0 Å². The number of hydrogen-bond donors (Lipinski definition) is 1.